The van der Waals surface area contributed by atoms with E-state index in [-0.39, 0.29) is 0 Å². The third kappa shape index (κ3) is 2.25. The van der Waals surface area contributed by atoms with Crippen molar-refractivity contribution < 1.29 is 0 Å². The van der Waals surface area contributed by atoms with Crippen molar-refractivity contribution in [2.45, 2.75) is 33.6 Å². The third-order valence-electron chi connectivity index (χ3n) is 2.47. The van der Waals surface area contributed by atoms with Crippen molar-refractivity contribution in [3.63, 3.8) is 0 Å². The van der Waals surface area contributed by atoms with Crippen LogP contribution in [0.15, 0.2) is 11.4 Å². The molecular weight excluding hydrogens is 178 g/mol. The van der Waals surface area contributed by atoms with Crippen LogP contribution in [0.4, 0.5) is 5.69 Å². The monoisotopic (exact) mass is 197 g/mol. The van der Waals surface area contributed by atoms with Crippen LogP contribution in [-0.4, -0.2) is 0 Å². The summed E-state index contributed by atoms with van der Waals surface area (Å²) in [6, 6.07) is 2.01. The highest BCUT2D eigenvalue weighted by atomic mass is 32.1. The topological polar surface area (TPSA) is 26.0 Å². The van der Waals surface area contributed by atoms with Gasteiger partial charge in [-0.05, 0) is 29.2 Å². The summed E-state index contributed by atoms with van der Waals surface area (Å²) >= 11 is 1.79. The van der Waals surface area contributed by atoms with Gasteiger partial charge in [-0.25, -0.2) is 0 Å². The second-order valence-corrected chi connectivity index (χ2v) is 5.20. The van der Waals surface area contributed by atoms with Gasteiger partial charge in [0.05, 0.1) is 0 Å². The van der Waals surface area contributed by atoms with Crippen LogP contribution in [0.3, 0.4) is 0 Å². The Morgan fingerprint density at radius 1 is 1.15 bits per heavy atom. The summed E-state index contributed by atoms with van der Waals surface area (Å²) in [7, 11) is 0. The molecule has 0 aliphatic carbocycles. The van der Waals surface area contributed by atoms with Gasteiger partial charge < -0.3 is 5.73 Å². The van der Waals surface area contributed by atoms with Crippen LogP contribution in [0.2, 0.25) is 0 Å². The zero-order chi connectivity index (χ0) is 10.0. The number of hydrogen-bond acceptors (Lipinski definition) is 2. The molecule has 0 aromatic carbocycles. The first-order valence-electron chi connectivity index (χ1n) is 4.87. The molecule has 1 aromatic rings. The molecule has 0 fully saturated rings. The van der Waals surface area contributed by atoms with Gasteiger partial charge in [0, 0.05) is 10.6 Å². The average Bonchev–Trinajstić information content (AvgIpc) is 2.35. The summed E-state index contributed by atoms with van der Waals surface area (Å²) < 4.78 is 0. The zero-order valence-corrected chi connectivity index (χ0v) is 9.69. The maximum Gasteiger partial charge on any atom is 0.0458 e. The highest BCUT2D eigenvalue weighted by molar-refractivity contribution is 7.10. The Kier molecular flexibility index (Phi) is 3.37. The molecule has 0 unspecified atom stereocenters. The molecule has 1 aromatic heterocycles. The Morgan fingerprint density at radius 2 is 1.69 bits per heavy atom. The van der Waals surface area contributed by atoms with E-state index in [1.165, 1.54) is 4.88 Å². The van der Waals surface area contributed by atoms with E-state index in [2.05, 4.69) is 33.1 Å². The fourth-order valence-electron chi connectivity index (χ4n) is 1.98. The molecule has 13 heavy (non-hydrogen) atoms. The molecule has 0 aliphatic rings. The predicted molar refractivity (Wildman–Crippen MR) is 61.1 cm³/mol. The molecule has 1 heterocycles. The van der Waals surface area contributed by atoms with Crippen molar-refractivity contribution in [2.75, 3.05) is 5.73 Å². The second-order valence-electron chi connectivity index (χ2n) is 4.25. The fraction of sp³-hybridized carbons (Fsp3) is 0.636. The Morgan fingerprint density at radius 3 is 2.00 bits per heavy atom. The number of thiophene rings is 1. The lowest BCUT2D eigenvalue weighted by atomic mass is 9.84. The van der Waals surface area contributed by atoms with Crippen molar-refractivity contribution in [1.29, 1.82) is 0 Å². The van der Waals surface area contributed by atoms with Crippen LogP contribution in [0.1, 0.15) is 38.5 Å². The van der Waals surface area contributed by atoms with E-state index in [4.69, 9.17) is 5.73 Å². The van der Waals surface area contributed by atoms with E-state index < -0.39 is 0 Å². The quantitative estimate of drug-likeness (QED) is 0.785. The van der Waals surface area contributed by atoms with Gasteiger partial charge in [0.15, 0.2) is 0 Å². The SMILES string of the molecule is CC(C)C(c1sccc1N)C(C)C. The van der Waals surface area contributed by atoms with E-state index in [9.17, 15) is 0 Å². The zero-order valence-electron chi connectivity index (χ0n) is 8.87. The largest absolute Gasteiger partial charge is 0.398 e. The fourth-order valence-corrected chi connectivity index (χ4v) is 3.24. The number of hydrogen-bond donors (Lipinski definition) is 1. The Bertz CT molecular complexity index is 255. The predicted octanol–water partition coefficient (Wildman–Crippen LogP) is 3.73. The molecule has 0 radical (unpaired) electrons. The minimum atomic E-state index is 0.611. The first-order chi connectivity index (χ1) is 6.04. The van der Waals surface area contributed by atoms with Crippen LogP contribution in [-0.2, 0) is 0 Å². The van der Waals surface area contributed by atoms with Crippen molar-refractivity contribution in [1.82, 2.24) is 0 Å². The van der Waals surface area contributed by atoms with Gasteiger partial charge in [-0.15, -0.1) is 11.3 Å². The van der Waals surface area contributed by atoms with E-state index in [0.29, 0.717) is 17.8 Å². The molecule has 0 saturated carbocycles. The summed E-state index contributed by atoms with van der Waals surface area (Å²) in [5.74, 6) is 1.95. The summed E-state index contributed by atoms with van der Waals surface area (Å²) in [4.78, 5) is 1.37. The molecule has 0 atom stereocenters. The smallest absolute Gasteiger partial charge is 0.0458 e. The molecule has 74 valence electrons. The van der Waals surface area contributed by atoms with E-state index in [0.717, 1.165) is 5.69 Å². The molecule has 2 heteroatoms. The van der Waals surface area contributed by atoms with Gasteiger partial charge in [-0.1, -0.05) is 27.7 Å². The Balaban J connectivity index is 2.95. The third-order valence-corrected chi connectivity index (χ3v) is 3.50. The summed E-state index contributed by atoms with van der Waals surface area (Å²) in [6.45, 7) is 9.07. The molecule has 2 N–H and O–H groups in total. The number of nitrogen functional groups attached to an aromatic ring is 1. The van der Waals surface area contributed by atoms with Crippen molar-refractivity contribution >= 4 is 17.0 Å². The first kappa shape index (κ1) is 10.6. The van der Waals surface area contributed by atoms with Crippen molar-refractivity contribution in [2.24, 2.45) is 11.8 Å². The normalized spacial score (nSPS) is 11.9. The molecule has 0 aliphatic heterocycles. The van der Waals surface area contributed by atoms with Crippen LogP contribution in [0.5, 0.6) is 0 Å². The number of anilines is 1. The number of rotatable bonds is 3. The molecule has 0 amide bonds. The van der Waals surface area contributed by atoms with E-state index in [1.54, 1.807) is 11.3 Å². The molecule has 0 bridgehead atoms. The minimum absolute atomic E-state index is 0.611. The molecule has 1 rings (SSSR count). The van der Waals surface area contributed by atoms with E-state index >= 15 is 0 Å². The van der Waals surface area contributed by atoms with Gasteiger partial charge in [0.2, 0.25) is 0 Å². The molecule has 0 saturated heterocycles. The van der Waals surface area contributed by atoms with Crippen LogP contribution < -0.4 is 5.73 Å². The van der Waals surface area contributed by atoms with Gasteiger partial charge in [-0.2, -0.15) is 0 Å². The van der Waals surface area contributed by atoms with Crippen LogP contribution in [0.25, 0.3) is 0 Å². The Labute approximate surface area is 85.0 Å². The van der Waals surface area contributed by atoms with Gasteiger partial charge in [0.1, 0.15) is 0 Å². The average molecular weight is 197 g/mol. The molecule has 1 nitrogen and oxygen atoms in total. The number of nitrogens with two attached hydrogens (primary N) is 1. The van der Waals surface area contributed by atoms with Crippen molar-refractivity contribution in [3.05, 3.63) is 16.3 Å². The summed E-state index contributed by atoms with van der Waals surface area (Å²) in [6.07, 6.45) is 0. The summed E-state index contributed by atoms with van der Waals surface area (Å²) in [5, 5.41) is 2.09. The highest BCUT2D eigenvalue weighted by Gasteiger charge is 2.22. The van der Waals surface area contributed by atoms with Gasteiger partial charge in [-0.3, -0.25) is 0 Å². The second kappa shape index (κ2) is 4.14. The first-order valence-corrected chi connectivity index (χ1v) is 5.74. The molecular formula is C11H19NS. The standard InChI is InChI=1S/C11H19NS/c1-7(2)10(8(3)4)11-9(12)5-6-13-11/h5-8,10H,12H2,1-4H3. The lowest BCUT2D eigenvalue weighted by molar-refractivity contribution is 0.394. The minimum Gasteiger partial charge on any atom is -0.398 e. The van der Waals surface area contributed by atoms with Crippen molar-refractivity contribution in [3.8, 4) is 0 Å². The van der Waals surface area contributed by atoms with Crippen LogP contribution >= 0.6 is 11.3 Å². The maximum atomic E-state index is 5.93. The lowest BCUT2D eigenvalue weighted by Crippen LogP contribution is -2.13. The van der Waals surface area contributed by atoms with Gasteiger partial charge in [0.25, 0.3) is 0 Å². The van der Waals surface area contributed by atoms with E-state index in [1.807, 2.05) is 6.07 Å². The summed E-state index contributed by atoms with van der Waals surface area (Å²) in [5.41, 5.74) is 6.90. The molecule has 0 spiro atoms. The maximum absolute atomic E-state index is 5.93. The highest BCUT2D eigenvalue weighted by Crippen LogP contribution is 2.38. The van der Waals surface area contributed by atoms with Gasteiger partial charge >= 0.3 is 0 Å². The van der Waals surface area contributed by atoms with Crippen LogP contribution in [0, 0.1) is 11.8 Å². The lowest BCUT2D eigenvalue weighted by Gasteiger charge is -2.24. The Hall–Kier alpha value is -0.500.